The van der Waals surface area contributed by atoms with Gasteiger partial charge in [-0.25, -0.2) is 0 Å². The molecule has 3 aromatic rings. The Hall–Kier alpha value is -1.62. The highest BCUT2D eigenvalue weighted by molar-refractivity contribution is 8.00. The number of thioether (sulfide) groups is 1. The van der Waals surface area contributed by atoms with Gasteiger partial charge in [-0.2, -0.15) is 0 Å². The summed E-state index contributed by atoms with van der Waals surface area (Å²) in [4.78, 5) is 12.3. The van der Waals surface area contributed by atoms with Crippen LogP contribution in [0.1, 0.15) is 18.5 Å². The van der Waals surface area contributed by atoms with Crippen LogP contribution >= 0.6 is 23.4 Å². The molecule has 5 heteroatoms. The zero-order valence-electron chi connectivity index (χ0n) is 13.9. The molecule has 1 aliphatic rings. The zero-order valence-corrected chi connectivity index (χ0v) is 15.5. The van der Waals surface area contributed by atoms with Crippen molar-refractivity contribution in [2.24, 2.45) is 0 Å². The van der Waals surface area contributed by atoms with Gasteiger partial charge in [-0.3, -0.25) is 14.9 Å². The summed E-state index contributed by atoms with van der Waals surface area (Å²) in [6.45, 7) is 3.14. The van der Waals surface area contributed by atoms with Crippen LogP contribution in [0, 0.1) is 0 Å². The largest absolute Gasteiger partial charge is 0.296 e. The second-order valence-corrected chi connectivity index (χ2v) is 8.19. The van der Waals surface area contributed by atoms with Gasteiger partial charge in [0, 0.05) is 47.2 Å². The molecule has 1 aliphatic heterocycles. The monoisotopic (exact) mass is 369 g/mol. The quantitative estimate of drug-likeness (QED) is 0.644. The Bertz CT molecular complexity index is 856. The van der Waals surface area contributed by atoms with E-state index in [0.29, 0.717) is 5.25 Å². The third kappa shape index (κ3) is 4.14. The summed E-state index contributed by atoms with van der Waals surface area (Å²) in [7, 11) is 0. The lowest BCUT2D eigenvalue weighted by atomic mass is 10.1. The molecular weight excluding hydrogens is 350 g/mol. The molecule has 2 aromatic heterocycles. The van der Waals surface area contributed by atoms with Crippen LogP contribution in [0.2, 0.25) is 5.02 Å². The van der Waals surface area contributed by atoms with Crippen LogP contribution in [0.15, 0.2) is 59.9 Å². The fourth-order valence-corrected chi connectivity index (χ4v) is 4.93. The van der Waals surface area contributed by atoms with E-state index in [9.17, 15) is 0 Å². The van der Waals surface area contributed by atoms with Crippen LogP contribution in [0.3, 0.4) is 0 Å². The minimum Gasteiger partial charge on any atom is -0.296 e. The molecule has 3 heterocycles. The number of pyridine rings is 2. The van der Waals surface area contributed by atoms with Gasteiger partial charge in [0.15, 0.2) is 0 Å². The summed E-state index contributed by atoms with van der Waals surface area (Å²) in [5.41, 5.74) is 1.14. The number of rotatable bonds is 4. The van der Waals surface area contributed by atoms with Gasteiger partial charge in [-0.1, -0.05) is 17.7 Å². The maximum absolute atomic E-state index is 6.52. The summed E-state index contributed by atoms with van der Waals surface area (Å²) in [6, 6.07) is 12.4. The highest BCUT2D eigenvalue weighted by Gasteiger charge is 2.22. The van der Waals surface area contributed by atoms with Crippen molar-refractivity contribution in [1.29, 1.82) is 0 Å². The average Bonchev–Trinajstić information content (AvgIpc) is 2.63. The molecule has 25 heavy (non-hydrogen) atoms. The molecule has 0 saturated carbocycles. The highest BCUT2D eigenvalue weighted by atomic mass is 35.5. The van der Waals surface area contributed by atoms with Crippen molar-refractivity contribution < 1.29 is 0 Å². The minimum absolute atomic E-state index is 0.564. The summed E-state index contributed by atoms with van der Waals surface area (Å²) in [5.74, 6) is 0. The molecule has 1 unspecified atom stereocenters. The van der Waals surface area contributed by atoms with Crippen LogP contribution in [0.25, 0.3) is 10.8 Å². The molecule has 128 valence electrons. The van der Waals surface area contributed by atoms with E-state index >= 15 is 0 Å². The lowest BCUT2D eigenvalue weighted by molar-refractivity contribution is 0.223. The minimum atomic E-state index is 0.564. The van der Waals surface area contributed by atoms with E-state index in [1.54, 1.807) is 0 Å². The fraction of sp³-hybridized carbons (Fsp3) is 0.300. The number of hydrogen-bond donors (Lipinski definition) is 0. The van der Waals surface area contributed by atoms with Crippen molar-refractivity contribution in [3.8, 4) is 0 Å². The van der Waals surface area contributed by atoms with Gasteiger partial charge in [0.05, 0.1) is 10.7 Å². The predicted molar refractivity (Wildman–Crippen MR) is 105 cm³/mol. The van der Waals surface area contributed by atoms with Crippen molar-refractivity contribution in [2.45, 2.75) is 29.5 Å². The van der Waals surface area contributed by atoms with Crippen LogP contribution in [0.4, 0.5) is 0 Å². The van der Waals surface area contributed by atoms with Gasteiger partial charge in [-0.15, -0.1) is 11.8 Å². The molecule has 0 N–H and O–H groups in total. The first kappa shape index (κ1) is 16.8. The summed E-state index contributed by atoms with van der Waals surface area (Å²) >= 11 is 8.42. The highest BCUT2D eigenvalue weighted by Crippen LogP contribution is 2.36. The molecule has 0 aliphatic carbocycles. The fourth-order valence-electron chi connectivity index (χ4n) is 3.33. The molecule has 1 atom stereocenters. The maximum atomic E-state index is 6.52. The molecule has 3 nitrogen and oxygen atoms in total. The Kier molecular flexibility index (Phi) is 5.20. The predicted octanol–water partition coefficient (Wildman–Crippen LogP) is 5.04. The van der Waals surface area contributed by atoms with Crippen molar-refractivity contribution in [3.05, 3.63) is 65.7 Å². The lowest BCUT2D eigenvalue weighted by Crippen LogP contribution is -2.36. The number of aromatic nitrogens is 2. The van der Waals surface area contributed by atoms with E-state index in [1.165, 1.54) is 23.1 Å². The van der Waals surface area contributed by atoms with Crippen molar-refractivity contribution in [3.63, 3.8) is 0 Å². The van der Waals surface area contributed by atoms with Gasteiger partial charge in [0.1, 0.15) is 0 Å². The standard InChI is InChI=1S/C20H20ClN3S/c21-19-10-16-12-22-8-6-15(16)11-20(19)25-18-5-3-9-24(14-18)13-17-4-1-2-7-23-17/h1-2,4,6-8,10-12,18H,3,5,9,13-14H2. The molecule has 0 radical (unpaired) electrons. The van der Waals surface area contributed by atoms with Crippen LogP contribution in [0.5, 0.6) is 0 Å². The summed E-state index contributed by atoms with van der Waals surface area (Å²) in [6.07, 6.45) is 8.02. The molecule has 1 aromatic carbocycles. The number of benzene rings is 1. The van der Waals surface area contributed by atoms with E-state index in [2.05, 4.69) is 33.1 Å². The first-order valence-electron chi connectivity index (χ1n) is 8.60. The van der Waals surface area contributed by atoms with E-state index in [4.69, 9.17) is 11.6 Å². The average molecular weight is 370 g/mol. The number of nitrogens with zero attached hydrogens (tertiary/aromatic N) is 3. The zero-order chi connectivity index (χ0) is 17.1. The second-order valence-electron chi connectivity index (χ2n) is 6.44. The maximum Gasteiger partial charge on any atom is 0.0548 e. The number of hydrogen-bond acceptors (Lipinski definition) is 4. The smallest absolute Gasteiger partial charge is 0.0548 e. The van der Waals surface area contributed by atoms with Gasteiger partial charge in [0.25, 0.3) is 0 Å². The Morgan fingerprint density at radius 3 is 3.00 bits per heavy atom. The molecule has 0 spiro atoms. The summed E-state index contributed by atoms with van der Waals surface area (Å²) < 4.78 is 0. The van der Waals surface area contributed by atoms with E-state index in [-0.39, 0.29) is 0 Å². The van der Waals surface area contributed by atoms with Gasteiger partial charge >= 0.3 is 0 Å². The summed E-state index contributed by atoms with van der Waals surface area (Å²) in [5, 5.41) is 3.68. The first-order valence-corrected chi connectivity index (χ1v) is 9.86. The molecule has 0 amide bonds. The molecule has 4 rings (SSSR count). The normalized spacial score (nSPS) is 18.5. The molecular formula is C20H20ClN3S. The van der Waals surface area contributed by atoms with Crippen LogP contribution < -0.4 is 0 Å². The Labute approximate surface area is 157 Å². The van der Waals surface area contributed by atoms with E-state index in [1.807, 2.05) is 48.6 Å². The number of fused-ring (bicyclic) bond motifs is 1. The lowest BCUT2D eigenvalue weighted by Gasteiger charge is -2.32. The van der Waals surface area contributed by atoms with Gasteiger partial charge < -0.3 is 0 Å². The van der Waals surface area contributed by atoms with Crippen molar-refractivity contribution in [2.75, 3.05) is 13.1 Å². The third-order valence-electron chi connectivity index (χ3n) is 4.56. The Morgan fingerprint density at radius 1 is 1.16 bits per heavy atom. The van der Waals surface area contributed by atoms with Crippen LogP contribution in [-0.4, -0.2) is 33.2 Å². The van der Waals surface area contributed by atoms with Crippen LogP contribution in [-0.2, 0) is 6.54 Å². The third-order valence-corrected chi connectivity index (χ3v) is 6.29. The van der Waals surface area contributed by atoms with Gasteiger partial charge in [0.2, 0.25) is 0 Å². The number of halogens is 1. The Balaban J connectivity index is 1.46. The Morgan fingerprint density at radius 2 is 2.12 bits per heavy atom. The van der Waals surface area contributed by atoms with Crippen molar-refractivity contribution >= 4 is 34.1 Å². The van der Waals surface area contributed by atoms with E-state index < -0.39 is 0 Å². The number of piperidine rings is 1. The first-order chi connectivity index (χ1) is 12.3. The molecule has 1 saturated heterocycles. The van der Waals surface area contributed by atoms with Gasteiger partial charge in [-0.05, 0) is 55.1 Å². The topological polar surface area (TPSA) is 29.0 Å². The van der Waals surface area contributed by atoms with E-state index in [0.717, 1.165) is 35.7 Å². The SMILES string of the molecule is Clc1cc2cnccc2cc1SC1CCCN(Cc2ccccn2)C1. The molecule has 1 fully saturated rings. The molecule has 0 bridgehead atoms. The second kappa shape index (κ2) is 7.73. The van der Waals surface area contributed by atoms with Crippen molar-refractivity contribution in [1.82, 2.24) is 14.9 Å². The number of likely N-dealkylation sites (tertiary alicyclic amines) is 1.